The van der Waals surface area contributed by atoms with E-state index in [-0.39, 0.29) is 31.6 Å². The standard InChI is InChI=1S/C20H33NO3.CH4/c1-14(2)23-11-7-8-20(22)21-13-18-10-9-16(5)19(12-18)17(6)24-15(3)4;/h9-10,12,14-15,17H,7-8,11,13H2,1-6H3,(H,21,22);1H4. The van der Waals surface area contributed by atoms with E-state index in [1.807, 2.05) is 27.7 Å². The molecule has 0 spiro atoms. The van der Waals surface area contributed by atoms with Crippen molar-refractivity contribution in [3.8, 4) is 0 Å². The van der Waals surface area contributed by atoms with Gasteiger partial charge in [-0.25, -0.2) is 0 Å². The van der Waals surface area contributed by atoms with Crippen molar-refractivity contribution in [1.29, 1.82) is 0 Å². The molecule has 1 amide bonds. The Hall–Kier alpha value is -1.39. The molecular weight excluding hydrogens is 314 g/mol. The van der Waals surface area contributed by atoms with E-state index in [1.165, 1.54) is 11.1 Å². The Morgan fingerprint density at radius 3 is 2.40 bits per heavy atom. The van der Waals surface area contributed by atoms with Crippen LogP contribution in [0.15, 0.2) is 18.2 Å². The van der Waals surface area contributed by atoms with Gasteiger partial charge in [0, 0.05) is 19.6 Å². The fourth-order valence-corrected chi connectivity index (χ4v) is 2.56. The van der Waals surface area contributed by atoms with Crippen LogP contribution >= 0.6 is 0 Å². The van der Waals surface area contributed by atoms with Crippen LogP contribution in [0.2, 0.25) is 0 Å². The van der Waals surface area contributed by atoms with Gasteiger partial charge in [0.1, 0.15) is 0 Å². The van der Waals surface area contributed by atoms with Crippen LogP contribution in [0.5, 0.6) is 0 Å². The maximum absolute atomic E-state index is 11.9. The monoisotopic (exact) mass is 351 g/mol. The van der Waals surface area contributed by atoms with Gasteiger partial charge in [-0.1, -0.05) is 25.6 Å². The van der Waals surface area contributed by atoms with E-state index in [0.29, 0.717) is 19.6 Å². The Labute approximate surface area is 154 Å². The molecule has 1 aromatic rings. The lowest BCUT2D eigenvalue weighted by Gasteiger charge is -2.19. The van der Waals surface area contributed by atoms with Gasteiger partial charge in [-0.2, -0.15) is 0 Å². The molecule has 1 aromatic carbocycles. The number of ether oxygens (including phenoxy) is 2. The molecule has 0 saturated heterocycles. The molecule has 0 bridgehead atoms. The van der Waals surface area contributed by atoms with Crippen LogP contribution in [-0.4, -0.2) is 24.7 Å². The van der Waals surface area contributed by atoms with Gasteiger partial charge in [-0.3, -0.25) is 4.79 Å². The van der Waals surface area contributed by atoms with Gasteiger partial charge in [0.05, 0.1) is 18.3 Å². The zero-order chi connectivity index (χ0) is 18.1. The number of hydrogen-bond acceptors (Lipinski definition) is 3. The van der Waals surface area contributed by atoms with Gasteiger partial charge >= 0.3 is 0 Å². The molecule has 4 nitrogen and oxygen atoms in total. The molecule has 1 atom stereocenters. The van der Waals surface area contributed by atoms with Gasteiger partial charge in [-0.15, -0.1) is 0 Å². The maximum Gasteiger partial charge on any atom is 0.220 e. The Morgan fingerprint density at radius 1 is 1.12 bits per heavy atom. The minimum absolute atomic E-state index is 0. The average Bonchev–Trinajstić information content (AvgIpc) is 2.49. The molecule has 0 aromatic heterocycles. The molecule has 144 valence electrons. The Bertz CT molecular complexity index is 512. The van der Waals surface area contributed by atoms with Crippen molar-refractivity contribution in [3.05, 3.63) is 34.9 Å². The quantitative estimate of drug-likeness (QED) is 0.607. The first kappa shape index (κ1) is 23.6. The maximum atomic E-state index is 11.9. The highest BCUT2D eigenvalue weighted by molar-refractivity contribution is 5.75. The van der Waals surface area contributed by atoms with Crippen molar-refractivity contribution in [2.24, 2.45) is 0 Å². The summed E-state index contributed by atoms with van der Waals surface area (Å²) in [6, 6.07) is 6.28. The first-order chi connectivity index (χ1) is 11.3. The highest BCUT2D eigenvalue weighted by Crippen LogP contribution is 2.23. The molecule has 0 radical (unpaired) electrons. The Morgan fingerprint density at radius 2 is 1.80 bits per heavy atom. The first-order valence-corrected chi connectivity index (χ1v) is 8.92. The number of hydrogen-bond donors (Lipinski definition) is 1. The second-order valence-electron chi connectivity index (χ2n) is 6.82. The van der Waals surface area contributed by atoms with Gasteiger partial charge in [0.25, 0.3) is 0 Å². The average molecular weight is 352 g/mol. The van der Waals surface area contributed by atoms with Crippen molar-refractivity contribution in [2.45, 2.75) is 86.7 Å². The summed E-state index contributed by atoms with van der Waals surface area (Å²) in [5.74, 6) is 0.0657. The van der Waals surface area contributed by atoms with E-state index in [9.17, 15) is 4.79 Å². The molecule has 0 fully saturated rings. The van der Waals surface area contributed by atoms with Crippen molar-refractivity contribution in [3.63, 3.8) is 0 Å². The number of amides is 1. The van der Waals surface area contributed by atoms with Gasteiger partial charge < -0.3 is 14.8 Å². The molecule has 0 aliphatic rings. The lowest BCUT2D eigenvalue weighted by molar-refractivity contribution is -0.121. The number of carbonyl (C=O) groups excluding carboxylic acids is 1. The normalized spacial score (nSPS) is 12.2. The van der Waals surface area contributed by atoms with Crippen LogP contribution in [0.25, 0.3) is 0 Å². The summed E-state index contributed by atoms with van der Waals surface area (Å²) in [4.78, 5) is 11.9. The number of carbonyl (C=O) groups is 1. The summed E-state index contributed by atoms with van der Waals surface area (Å²) in [5.41, 5.74) is 3.49. The summed E-state index contributed by atoms with van der Waals surface area (Å²) in [5, 5.41) is 2.98. The molecule has 1 unspecified atom stereocenters. The predicted molar refractivity (Wildman–Crippen MR) is 105 cm³/mol. The Balaban J connectivity index is 0.00000576. The summed E-state index contributed by atoms with van der Waals surface area (Å²) in [6.45, 7) is 13.4. The van der Waals surface area contributed by atoms with E-state index in [4.69, 9.17) is 9.47 Å². The summed E-state index contributed by atoms with van der Waals surface area (Å²) < 4.78 is 11.3. The molecule has 0 saturated carbocycles. The topological polar surface area (TPSA) is 47.6 Å². The molecule has 0 heterocycles. The third kappa shape index (κ3) is 9.61. The summed E-state index contributed by atoms with van der Waals surface area (Å²) in [6.07, 6.45) is 1.71. The molecule has 1 rings (SSSR count). The Kier molecular flexibility index (Phi) is 11.4. The smallest absolute Gasteiger partial charge is 0.220 e. The van der Waals surface area contributed by atoms with E-state index in [1.54, 1.807) is 0 Å². The van der Waals surface area contributed by atoms with E-state index >= 15 is 0 Å². The van der Waals surface area contributed by atoms with Crippen molar-refractivity contribution in [1.82, 2.24) is 5.32 Å². The molecule has 0 aliphatic heterocycles. The van der Waals surface area contributed by atoms with Crippen LogP contribution < -0.4 is 5.32 Å². The fraction of sp³-hybridized carbons (Fsp3) is 0.667. The van der Waals surface area contributed by atoms with Gasteiger partial charge in [0.2, 0.25) is 5.91 Å². The first-order valence-electron chi connectivity index (χ1n) is 8.92. The third-order valence-electron chi connectivity index (χ3n) is 3.75. The van der Waals surface area contributed by atoms with Crippen LogP contribution in [0, 0.1) is 6.92 Å². The van der Waals surface area contributed by atoms with E-state index in [2.05, 4.69) is 37.4 Å². The lowest BCUT2D eigenvalue weighted by atomic mass is 10.0. The molecule has 1 N–H and O–H groups in total. The lowest BCUT2D eigenvalue weighted by Crippen LogP contribution is -2.23. The molecule has 4 heteroatoms. The minimum Gasteiger partial charge on any atom is -0.379 e. The van der Waals surface area contributed by atoms with Crippen molar-refractivity contribution >= 4 is 5.91 Å². The second kappa shape index (κ2) is 12.0. The van der Waals surface area contributed by atoms with Crippen molar-refractivity contribution in [2.75, 3.05) is 6.61 Å². The van der Waals surface area contributed by atoms with Gasteiger partial charge in [-0.05, 0) is 64.7 Å². The number of nitrogens with one attached hydrogen (secondary N) is 1. The molecule has 0 aliphatic carbocycles. The summed E-state index contributed by atoms with van der Waals surface area (Å²) >= 11 is 0. The fourth-order valence-electron chi connectivity index (χ4n) is 2.56. The second-order valence-corrected chi connectivity index (χ2v) is 6.82. The summed E-state index contributed by atoms with van der Waals surface area (Å²) in [7, 11) is 0. The largest absolute Gasteiger partial charge is 0.379 e. The number of benzene rings is 1. The van der Waals surface area contributed by atoms with E-state index in [0.717, 1.165) is 12.0 Å². The third-order valence-corrected chi connectivity index (χ3v) is 3.75. The predicted octanol–water partition coefficient (Wildman–Crippen LogP) is 4.94. The number of rotatable bonds is 10. The molecule has 25 heavy (non-hydrogen) atoms. The van der Waals surface area contributed by atoms with Crippen molar-refractivity contribution < 1.29 is 14.3 Å². The SMILES string of the molecule is C.Cc1ccc(CNC(=O)CCCOC(C)C)cc1C(C)OC(C)C. The highest BCUT2D eigenvalue weighted by atomic mass is 16.5. The minimum atomic E-state index is 0. The zero-order valence-corrected chi connectivity index (χ0v) is 16.0. The van der Waals surface area contributed by atoms with Crippen LogP contribution in [0.3, 0.4) is 0 Å². The molecular formula is C21H37NO3. The van der Waals surface area contributed by atoms with Gasteiger partial charge in [0.15, 0.2) is 0 Å². The zero-order valence-electron chi connectivity index (χ0n) is 16.0. The number of aryl methyl sites for hydroxylation is 1. The van der Waals surface area contributed by atoms with Crippen LogP contribution in [0.1, 0.15) is 77.7 Å². The van der Waals surface area contributed by atoms with Crippen LogP contribution in [-0.2, 0) is 20.8 Å². The van der Waals surface area contributed by atoms with Crippen LogP contribution in [0.4, 0.5) is 0 Å². The van der Waals surface area contributed by atoms with E-state index < -0.39 is 0 Å². The highest BCUT2D eigenvalue weighted by Gasteiger charge is 2.12.